The van der Waals surface area contributed by atoms with Crippen LogP contribution in [-0.4, -0.2) is 41.4 Å². The largest absolute Gasteiger partial charge is 0.494 e. The molecule has 42 heavy (non-hydrogen) atoms. The van der Waals surface area contributed by atoms with E-state index in [1.165, 1.54) is 15.9 Å². The van der Waals surface area contributed by atoms with Gasteiger partial charge in [0.2, 0.25) is 0 Å². The summed E-state index contributed by atoms with van der Waals surface area (Å²) in [7, 11) is 0. The van der Waals surface area contributed by atoms with Crippen LogP contribution in [0.15, 0.2) is 94.2 Å². The molecule has 214 valence electrons. The van der Waals surface area contributed by atoms with Crippen molar-refractivity contribution in [3.05, 3.63) is 121 Å². The van der Waals surface area contributed by atoms with Gasteiger partial charge in [-0.2, -0.15) is 0 Å². The molecule has 0 unspecified atom stereocenters. The van der Waals surface area contributed by atoms with Crippen molar-refractivity contribution in [1.29, 1.82) is 0 Å². The number of hydrogen-bond acceptors (Lipinski definition) is 8. The first-order chi connectivity index (χ1) is 20.4. The van der Waals surface area contributed by atoms with Crippen molar-refractivity contribution in [1.82, 2.24) is 4.57 Å². The second-order valence-corrected chi connectivity index (χ2v) is 10.2. The van der Waals surface area contributed by atoms with Crippen LogP contribution >= 0.6 is 11.3 Å². The van der Waals surface area contributed by atoms with E-state index < -0.39 is 24.6 Å². The first-order valence-electron chi connectivity index (χ1n) is 13.4. The maximum atomic E-state index is 14.0. The molecule has 9 nitrogen and oxygen atoms in total. The SMILES string of the molecule is CCOC(=O)C1=C(c2ccccc2)N=c2s/c(=C/c3cccc(OCC(=O)O)c3)c(=O)n2[C@@H]1c1ccc(OCC)cc1. The summed E-state index contributed by atoms with van der Waals surface area (Å²) in [6, 6.07) is 22.6. The van der Waals surface area contributed by atoms with Crippen LogP contribution in [0.2, 0.25) is 0 Å². The number of carboxylic acids is 1. The zero-order valence-corrected chi connectivity index (χ0v) is 23.8. The third-order valence-electron chi connectivity index (χ3n) is 6.40. The molecule has 1 N–H and O–H groups in total. The van der Waals surface area contributed by atoms with E-state index in [-0.39, 0.29) is 17.7 Å². The van der Waals surface area contributed by atoms with E-state index in [2.05, 4.69) is 0 Å². The van der Waals surface area contributed by atoms with Crippen LogP contribution in [0.4, 0.5) is 0 Å². The van der Waals surface area contributed by atoms with Crippen molar-refractivity contribution < 1.29 is 28.9 Å². The van der Waals surface area contributed by atoms with Gasteiger partial charge in [0.1, 0.15) is 11.5 Å². The van der Waals surface area contributed by atoms with E-state index in [0.717, 1.165) is 5.56 Å². The first kappa shape index (κ1) is 28.6. The summed E-state index contributed by atoms with van der Waals surface area (Å²) in [6.45, 7) is 3.81. The molecule has 1 atom stereocenters. The Kier molecular flexibility index (Phi) is 8.63. The van der Waals surface area contributed by atoms with Gasteiger partial charge in [0, 0.05) is 5.56 Å². The van der Waals surface area contributed by atoms with Gasteiger partial charge in [0.05, 0.1) is 35.1 Å². The summed E-state index contributed by atoms with van der Waals surface area (Å²) in [6.07, 6.45) is 1.70. The van der Waals surface area contributed by atoms with Gasteiger partial charge >= 0.3 is 11.9 Å². The van der Waals surface area contributed by atoms with Crippen molar-refractivity contribution >= 4 is 35.0 Å². The molecule has 1 aliphatic rings. The molecular formula is C32H28N2O7S. The van der Waals surface area contributed by atoms with Crippen LogP contribution in [0.25, 0.3) is 11.8 Å². The van der Waals surface area contributed by atoms with Gasteiger partial charge in [0.15, 0.2) is 11.4 Å². The van der Waals surface area contributed by atoms with Crippen LogP contribution in [0.5, 0.6) is 11.5 Å². The van der Waals surface area contributed by atoms with E-state index in [9.17, 15) is 14.4 Å². The monoisotopic (exact) mass is 584 g/mol. The number of carbonyl (C=O) groups is 2. The van der Waals surface area contributed by atoms with Gasteiger partial charge in [-0.1, -0.05) is 65.9 Å². The summed E-state index contributed by atoms with van der Waals surface area (Å²) in [4.78, 5) is 43.8. The first-order valence-corrected chi connectivity index (χ1v) is 14.2. The topological polar surface area (TPSA) is 116 Å². The number of nitrogens with zero attached hydrogens (tertiary/aromatic N) is 2. The van der Waals surface area contributed by atoms with Crippen LogP contribution in [-0.2, 0) is 14.3 Å². The quantitative estimate of drug-likeness (QED) is 0.282. The lowest BCUT2D eigenvalue weighted by molar-refractivity contribution is -0.140. The smallest absolute Gasteiger partial charge is 0.341 e. The molecule has 3 aromatic carbocycles. The van der Waals surface area contributed by atoms with Gasteiger partial charge in [-0.05, 0) is 55.3 Å². The molecule has 0 spiro atoms. The van der Waals surface area contributed by atoms with Crippen molar-refractivity contribution in [3.63, 3.8) is 0 Å². The summed E-state index contributed by atoms with van der Waals surface area (Å²) >= 11 is 1.20. The van der Waals surface area contributed by atoms with Crippen molar-refractivity contribution in [2.75, 3.05) is 19.8 Å². The third-order valence-corrected chi connectivity index (χ3v) is 7.38. The molecule has 0 fully saturated rings. The fraction of sp³-hybridized carbons (Fsp3) is 0.188. The van der Waals surface area contributed by atoms with Gasteiger partial charge in [-0.25, -0.2) is 14.6 Å². The Morgan fingerprint density at radius 3 is 2.40 bits per heavy atom. The van der Waals surface area contributed by atoms with Gasteiger partial charge in [-0.3, -0.25) is 9.36 Å². The van der Waals surface area contributed by atoms with Crippen molar-refractivity contribution in [2.45, 2.75) is 19.9 Å². The van der Waals surface area contributed by atoms with Crippen LogP contribution < -0.4 is 24.4 Å². The minimum atomic E-state index is -1.09. The number of carbonyl (C=O) groups excluding carboxylic acids is 1. The average Bonchev–Trinajstić information content (AvgIpc) is 3.30. The van der Waals surface area contributed by atoms with E-state index in [0.29, 0.717) is 44.3 Å². The normalized spacial score (nSPS) is 14.6. The lowest BCUT2D eigenvalue weighted by Gasteiger charge is -2.26. The number of ether oxygens (including phenoxy) is 3. The highest BCUT2D eigenvalue weighted by Crippen LogP contribution is 2.35. The minimum Gasteiger partial charge on any atom is -0.494 e. The minimum absolute atomic E-state index is 0.158. The molecule has 1 aromatic heterocycles. The standard InChI is InChI=1S/C32H28N2O7S/c1-3-39-23-15-13-22(14-16-23)29-27(31(38)40-4-2)28(21-10-6-5-7-11-21)33-32-34(29)30(37)25(42-32)18-20-9-8-12-24(17-20)41-19-26(35)36/h5-18,29H,3-4,19H2,1-2H3,(H,35,36)/b25-18+/t29-/m1/s1. The number of thiazole rings is 1. The van der Waals surface area contributed by atoms with E-state index >= 15 is 0 Å². The molecule has 0 aliphatic carbocycles. The van der Waals surface area contributed by atoms with Gasteiger partial charge in [0.25, 0.3) is 5.56 Å². The third kappa shape index (κ3) is 6.03. The molecule has 1 aliphatic heterocycles. The highest BCUT2D eigenvalue weighted by atomic mass is 32.1. The van der Waals surface area contributed by atoms with Crippen molar-refractivity contribution in [3.8, 4) is 11.5 Å². The number of hydrogen-bond donors (Lipinski definition) is 1. The average molecular weight is 585 g/mol. The summed E-state index contributed by atoms with van der Waals surface area (Å²) in [5.41, 5.74) is 2.43. The number of rotatable bonds is 10. The number of carboxylic acid groups (broad SMARTS) is 1. The Bertz CT molecular complexity index is 1820. The molecule has 5 rings (SSSR count). The molecule has 0 saturated carbocycles. The summed E-state index contributed by atoms with van der Waals surface area (Å²) in [5.74, 6) is -0.614. The van der Waals surface area contributed by atoms with Gasteiger partial charge in [-0.15, -0.1) is 0 Å². The van der Waals surface area contributed by atoms with E-state index in [1.54, 1.807) is 37.3 Å². The van der Waals surface area contributed by atoms with E-state index in [4.69, 9.17) is 24.3 Å². The fourth-order valence-corrected chi connectivity index (χ4v) is 5.66. The van der Waals surface area contributed by atoms with Crippen LogP contribution in [0.1, 0.15) is 36.6 Å². The number of aromatic nitrogens is 1. The predicted octanol–water partition coefficient (Wildman–Crippen LogP) is 3.80. The number of aliphatic carboxylic acids is 1. The second-order valence-electron chi connectivity index (χ2n) is 9.19. The summed E-state index contributed by atoms with van der Waals surface area (Å²) in [5, 5.41) is 8.94. The van der Waals surface area contributed by atoms with Gasteiger partial charge < -0.3 is 19.3 Å². The second kappa shape index (κ2) is 12.7. The van der Waals surface area contributed by atoms with Crippen LogP contribution in [0, 0.1) is 0 Å². The molecule has 0 amide bonds. The number of benzene rings is 3. The Morgan fingerprint density at radius 1 is 0.952 bits per heavy atom. The highest BCUT2D eigenvalue weighted by Gasteiger charge is 2.35. The molecule has 4 aromatic rings. The Balaban J connectivity index is 1.73. The fourth-order valence-electron chi connectivity index (χ4n) is 4.66. The lowest BCUT2D eigenvalue weighted by atomic mass is 9.93. The molecule has 10 heteroatoms. The zero-order chi connectivity index (χ0) is 29.6. The number of esters is 1. The molecule has 0 saturated heterocycles. The molecule has 2 heterocycles. The van der Waals surface area contributed by atoms with Crippen LogP contribution in [0.3, 0.4) is 0 Å². The maximum absolute atomic E-state index is 14.0. The summed E-state index contributed by atoms with van der Waals surface area (Å²) < 4.78 is 18.3. The maximum Gasteiger partial charge on any atom is 0.341 e. The number of fused-ring (bicyclic) bond motifs is 1. The van der Waals surface area contributed by atoms with E-state index in [1.807, 2.05) is 61.5 Å². The predicted molar refractivity (Wildman–Crippen MR) is 158 cm³/mol. The molecule has 0 radical (unpaired) electrons. The highest BCUT2D eigenvalue weighted by molar-refractivity contribution is 7.07. The zero-order valence-electron chi connectivity index (χ0n) is 23.0. The Labute approximate surface area is 245 Å². The van der Waals surface area contributed by atoms with Crippen molar-refractivity contribution in [2.24, 2.45) is 4.99 Å². The Morgan fingerprint density at radius 2 is 1.71 bits per heavy atom. The molecule has 0 bridgehead atoms. The lowest BCUT2D eigenvalue weighted by Crippen LogP contribution is -2.40. The Hall–Kier alpha value is -4.96. The molecular weight excluding hydrogens is 556 g/mol.